The Morgan fingerprint density at radius 1 is 1.42 bits per heavy atom. The van der Waals surface area contributed by atoms with Crippen molar-refractivity contribution >= 4 is 5.91 Å². The first-order chi connectivity index (χ1) is 9.29. The summed E-state index contributed by atoms with van der Waals surface area (Å²) in [6, 6.07) is 0. The van der Waals surface area contributed by atoms with E-state index in [-0.39, 0.29) is 18.6 Å². The number of carbonyl (C=O) groups is 1. The number of hydrogen-bond donors (Lipinski definition) is 0. The van der Waals surface area contributed by atoms with Crippen LogP contribution in [-0.2, 0) is 9.53 Å². The number of amides is 1. The molecule has 0 atom stereocenters. The number of nitrogens with zero attached hydrogens (tertiary/aromatic N) is 3. The van der Waals surface area contributed by atoms with Gasteiger partial charge in [0.05, 0.1) is 6.20 Å². The van der Waals surface area contributed by atoms with Crippen molar-refractivity contribution in [2.24, 2.45) is 0 Å². The number of rotatable bonds is 5. The second-order valence-corrected chi connectivity index (χ2v) is 4.38. The third-order valence-electron chi connectivity index (χ3n) is 3.05. The molecule has 0 spiro atoms. The van der Waals surface area contributed by atoms with E-state index in [0.717, 1.165) is 12.8 Å². The summed E-state index contributed by atoms with van der Waals surface area (Å²) >= 11 is 0. The summed E-state index contributed by atoms with van der Waals surface area (Å²) < 4.78 is 10.9. The highest BCUT2D eigenvalue weighted by Gasteiger charge is 2.24. The molecule has 1 amide bonds. The molecule has 0 aromatic carbocycles. The summed E-state index contributed by atoms with van der Waals surface area (Å²) in [5.41, 5.74) is 0. The molecule has 1 aliphatic heterocycles. The molecule has 0 N–H and O–H groups in total. The summed E-state index contributed by atoms with van der Waals surface area (Å²) in [6.45, 7) is 4.03. The monoisotopic (exact) mass is 265 g/mol. The molecule has 2 heterocycles. The van der Waals surface area contributed by atoms with Gasteiger partial charge < -0.3 is 14.4 Å². The first-order valence-electron chi connectivity index (χ1n) is 6.57. The van der Waals surface area contributed by atoms with Gasteiger partial charge in [-0.3, -0.25) is 9.78 Å². The van der Waals surface area contributed by atoms with E-state index in [2.05, 4.69) is 9.97 Å². The van der Waals surface area contributed by atoms with Gasteiger partial charge in [0.15, 0.2) is 0 Å². The summed E-state index contributed by atoms with van der Waals surface area (Å²) in [7, 11) is 0. The van der Waals surface area contributed by atoms with E-state index in [4.69, 9.17) is 9.47 Å². The zero-order valence-corrected chi connectivity index (χ0v) is 11.1. The summed E-state index contributed by atoms with van der Waals surface area (Å²) in [6.07, 6.45) is 6.56. The molecule has 0 unspecified atom stereocenters. The van der Waals surface area contributed by atoms with Crippen molar-refractivity contribution < 1.29 is 14.3 Å². The molecule has 19 heavy (non-hydrogen) atoms. The fourth-order valence-corrected chi connectivity index (χ4v) is 2.02. The lowest BCUT2D eigenvalue weighted by molar-refractivity contribution is -0.137. The van der Waals surface area contributed by atoms with Crippen molar-refractivity contribution in [3.63, 3.8) is 0 Å². The van der Waals surface area contributed by atoms with Crippen molar-refractivity contribution in [1.29, 1.82) is 0 Å². The van der Waals surface area contributed by atoms with E-state index in [1.807, 2.05) is 11.8 Å². The van der Waals surface area contributed by atoms with Crippen LogP contribution in [0.2, 0.25) is 0 Å². The standard InChI is InChI=1S/C13H19N3O3/c1-2-18-10-13(17)16-7-3-11(4-8-16)19-12-9-14-5-6-15-12/h5-6,9,11H,2-4,7-8,10H2,1H3. The third-order valence-corrected chi connectivity index (χ3v) is 3.05. The van der Waals surface area contributed by atoms with Crippen molar-refractivity contribution in [2.75, 3.05) is 26.3 Å². The van der Waals surface area contributed by atoms with E-state index in [0.29, 0.717) is 25.6 Å². The quantitative estimate of drug-likeness (QED) is 0.791. The Kier molecular flexibility index (Phi) is 5.09. The molecule has 1 aromatic heterocycles. The van der Waals surface area contributed by atoms with Crippen LogP contribution in [0.4, 0.5) is 0 Å². The molecule has 104 valence electrons. The molecule has 0 aliphatic carbocycles. The van der Waals surface area contributed by atoms with Crippen LogP contribution in [0.15, 0.2) is 18.6 Å². The second kappa shape index (κ2) is 7.04. The van der Waals surface area contributed by atoms with Crippen LogP contribution in [0.25, 0.3) is 0 Å². The SMILES string of the molecule is CCOCC(=O)N1CCC(Oc2cnccn2)CC1. The fourth-order valence-electron chi connectivity index (χ4n) is 2.02. The lowest BCUT2D eigenvalue weighted by Crippen LogP contribution is -2.43. The van der Waals surface area contributed by atoms with E-state index < -0.39 is 0 Å². The van der Waals surface area contributed by atoms with Crippen LogP contribution in [0.3, 0.4) is 0 Å². The molecule has 0 bridgehead atoms. The van der Waals surface area contributed by atoms with Gasteiger partial charge in [0.1, 0.15) is 12.7 Å². The maximum atomic E-state index is 11.8. The molecule has 1 saturated heterocycles. The number of carbonyl (C=O) groups excluding carboxylic acids is 1. The van der Waals surface area contributed by atoms with Gasteiger partial charge >= 0.3 is 0 Å². The highest BCUT2D eigenvalue weighted by Crippen LogP contribution is 2.16. The van der Waals surface area contributed by atoms with Gasteiger partial charge in [-0.15, -0.1) is 0 Å². The van der Waals surface area contributed by atoms with Crippen LogP contribution in [0, 0.1) is 0 Å². The number of aromatic nitrogens is 2. The highest BCUT2D eigenvalue weighted by atomic mass is 16.5. The first kappa shape index (κ1) is 13.7. The molecule has 1 aromatic rings. The van der Waals surface area contributed by atoms with Crippen LogP contribution in [0.1, 0.15) is 19.8 Å². The molecular weight excluding hydrogens is 246 g/mol. The van der Waals surface area contributed by atoms with Gasteiger partial charge in [0.25, 0.3) is 0 Å². The van der Waals surface area contributed by atoms with Crippen molar-refractivity contribution in [3.05, 3.63) is 18.6 Å². The van der Waals surface area contributed by atoms with Crippen LogP contribution in [-0.4, -0.2) is 53.2 Å². The van der Waals surface area contributed by atoms with E-state index >= 15 is 0 Å². The zero-order chi connectivity index (χ0) is 13.5. The minimum atomic E-state index is 0.0554. The van der Waals surface area contributed by atoms with E-state index in [9.17, 15) is 4.79 Å². The predicted molar refractivity (Wildman–Crippen MR) is 68.8 cm³/mol. The van der Waals surface area contributed by atoms with Crippen molar-refractivity contribution in [2.45, 2.75) is 25.9 Å². The maximum absolute atomic E-state index is 11.8. The Balaban J connectivity index is 1.75. The fraction of sp³-hybridized carbons (Fsp3) is 0.615. The Morgan fingerprint density at radius 3 is 2.84 bits per heavy atom. The minimum Gasteiger partial charge on any atom is -0.473 e. The Labute approximate surface area is 112 Å². The van der Waals surface area contributed by atoms with Gasteiger partial charge in [-0.1, -0.05) is 0 Å². The molecule has 6 nitrogen and oxygen atoms in total. The normalized spacial score (nSPS) is 16.4. The topological polar surface area (TPSA) is 64.5 Å². The average Bonchev–Trinajstić information content (AvgIpc) is 2.46. The van der Waals surface area contributed by atoms with Gasteiger partial charge in [-0.25, -0.2) is 4.98 Å². The number of piperidine rings is 1. The highest BCUT2D eigenvalue weighted by molar-refractivity contribution is 5.77. The molecule has 1 fully saturated rings. The third kappa shape index (κ3) is 4.17. The molecule has 0 radical (unpaired) electrons. The number of ether oxygens (including phenoxy) is 2. The maximum Gasteiger partial charge on any atom is 0.248 e. The molecule has 6 heteroatoms. The Bertz CT molecular complexity index is 391. The Hall–Kier alpha value is -1.69. The smallest absolute Gasteiger partial charge is 0.248 e. The van der Waals surface area contributed by atoms with Gasteiger partial charge in [-0.2, -0.15) is 0 Å². The van der Waals surface area contributed by atoms with Crippen LogP contribution < -0.4 is 4.74 Å². The number of hydrogen-bond acceptors (Lipinski definition) is 5. The van der Waals surface area contributed by atoms with Gasteiger partial charge in [-0.05, 0) is 6.92 Å². The van der Waals surface area contributed by atoms with Crippen molar-refractivity contribution in [1.82, 2.24) is 14.9 Å². The lowest BCUT2D eigenvalue weighted by atomic mass is 10.1. The van der Waals surface area contributed by atoms with Crippen LogP contribution >= 0.6 is 0 Å². The van der Waals surface area contributed by atoms with E-state index in [1.165, 1.54) is 0 Å². The predicted octanol–water partition coefficient (Wildman–Crippen LogP) is 0.883. The van der Waals surface area contributed by atoms with E-state index in [1.54, 1.807) is 18.6 Å². The average molecular weight is 265 g/mol. The molecule has 2 rings (SSSR count). The number of likely N-dealkylation sites (tertiary alicyclic amines) is 1. The van der Waals surface area contributed by atoms with Gasteiger partial charge in [0, 0.05) is 44.9 Å². The summed E-state index contributed by atoms with van der Waals surface area (Å²) in [4.78, 5) is 21.6. The second-order valence-electron chi connectivity index (χ2n) is 4.38. The summed E-state index contributed by atoms with van der Waals surface area (Å²) in [5, 5.41) is 0. The van der Waals surface area contributed by atoms with Crippen molar-refractivity contribution in [3.8, 4) is 5.88 Å². The molecule has 0 saturated carbocycles. The van der Waals surface area contributed by atoms with Crippen LogP contribution in [0.5, 0.6) is 5.88 Å². The first-order valence-corrected chi connectivity index (χ1v) is 6.57. The molecule has 1 aliphatic rings. The minimum absolute atomic E-state index is 0.0554. The van der Waals surface area contributed by atoms with Gasteiger partial charge in [0.2, 0.25) is 11.8 Å². The largest absolute Gasteiger partial charge is 0.473 e. The lowest BCUT2D eigenvalue weighted by Gasteiger charge is -2.31. The Morgan fingerprint density at radius 2 is 2.21 bits per heavy atom. The molecular formula is C13H19N3O3. The zero-order valence-electron chi connectivity index (χ0n) is 11.1. The summed E-state index contributed by atoms with van der Waals surface area (Å²) in [5.74, 6) is 0.599.